The number of esters is 1. The first-order valence-electron chi connectivity index (χ1n) is 11.3. The van der Waals surface area contributed by atoms with Gasteiger partial charge in [-0.05, 0) is 66.4 Å². The summed E-state index contributed by atoms with van der Waals surface area (Å²) in [5, 5.41) is 9.57. The first-order valence-corrected chi connectivity index (χ1v) is 11.3. The number of benzene rings is 2. The van der Waals surface area contributed by atoms with Crippen molar-refractivity contribution in [3.8, 4) is 17.6 Å². The second kappa shape index (κ2) is 14.0. The first kappa shape index (κ1) is 24.2. The monoisotopic (exact) mass is 419 g/mol. The van der Waals surface area contributed by atoms with Crippen LogP contribution in [-0.2, 0) is 4.79 Å². The Labute approximate surface area is 186 Å². The van der Waals surface area contributed by atoms with Gasteiger partial charge >= 0.3 is 5.97 Å². The first-order chi connectivity index (χ1) is 15.2. The number of rotatable bonds is 13. The lowest BCUT2D eigenvalue weighted by molar-refractivity contribution is -0.134. The topological polar surface area (TPSA) is 59.3 Å². The van der Waals surface area contributed by atoms with E-state index in [9.17, 15) is 10.1 Å². The number of nitriles is 1. The van der Waals surface area contributed by atoms with E-state index in [1.807, 2.05) is 42.5 Å². The molecule has 0 radical (unpaired) electrons. The second-order valence-corrected chi connectivity index (χ2v) is 7.60. The van der Waals surface area contributed by atoms with E-state index in [2.05, 4.69) is 19.9 Å². The van der Waals surface area contributed by atoms with Gasteiger partial charge in [0.15, 0.2) is 0 Å². The van der Waals surface area contributed by atoms with Crippen molar-refractivity contribution in [3.05, 3.63) is 59.7 Å². The van der Waals surface area contributed by atoms with Gasteiger partial charge in [0.2, 0.25) is 0 Å². The van der Waals surface area contributed by atoms with Gasteiger partial charge in [-0.15, -0.1) is 0 Å². The fourth-order valence-electron chi connectivity index (χ4n) is 3.10. The van der Waals surface area contributed by atoms with E-state index in [1.165, 1.54) is 19.3 Å². The molecule has 0 fully saturated rings. The molecule has 0 aliphatic carbocycles. The molecule has 0 unspecified atom stereocenters. The molecule has 0 spiro atoms. The van der Waals surface area contributed by atoms with Crippen molar-refractivity contribution in [2.45, 2.75) is 65.2 Å². The minimum Gasteiger partial charge on any atom is -0.494 e. The third-order valence-electron chi connectivity index (χ3n) is 4.96. The lowest BCUT2D eigenvalue weighted by Crippen LogP contribution is -2.07. The van der Waals surface area contributed by atoms with E-state index in [0.29, 0.717) is 24.4 Å². The summed E-state index contributed by atoms with van der Waals surface area (Å²) in [7, 11) is 0. The van der Waals surface area contributed by atoms with Gasteiger partial charge in [-0.25, -0.2) is 0 Å². The van der Waals surface area contributed by atoms with E-state index in [0.717, 1.165) is 42.6 Å². The Hall–Kier alpha value is -3.06. The zero-order chi connectivity index (χ0) is 22.3. The lowest BCUT2D eigenvalue weighted by atomic mass is 10.0. The number of allylic oxidation sites excluding steroid dienone is 1. The summed E-state index contributed by atoms with van der Waals surface area (Å²) in [6, 6.07) is 17.1. The van der Waals surface area contributed by atoms with E-state index in [-0.39, 0.29) is 5.97 Å². The number of carbonyl (C=O) groups is 1. The number of unbranched alkanes of at least 4 members (excludes halogenated alkanes) is 5. The van der Waals surface area contributed by atoms with E-state index in [4.69, 9.17) is 9.47 Å². The van der Waals surface area contributed by atoms with Crippen LogP contribution in [0.5, 0.6) is 11.5 Å². The van der Waals surface area contributed by atoms with Crippen LogP contribution in [0.3, 0.4) is 0 Å². The zero-order valence-electron chi connectivity index (χ0n) is 18.7. The molecule has 4 nitrogen and oxygen atoms in total. The molecule has 2 aromatic carbocycles. The summed E-state index contributed by atoms with van der Waals surface area (Å²) >= 11 is 0. The average molecular weight is 420 g/mol. The van der Waals surface area contributed by atoms with Crippen LogP contribution in [0.25, 0.3) is 11.6 Å². The normalized spacial score (nSPS) is 11.1. The van der Waals surface area contributed by atoms with Crippen molar-refractivity contribution >= 4 is 17.6 Å². The molecule has 0 aromatic heterocycles. The Morgan fingerprint density at radius 1 is 0.871 bits per heavy atom. The van der Waals surface area contributed by atoms with Crippen LogP contribution < -0.4 is 9.47 Å². The molecule has 0 aliphatic rings. The molecule has 0 N–H and O–H groups in total. The van der Waals surface area contributed by atoms with Gasteiger partial charge in [0.1, 0.15) is 11.5 Å². The van der Waals surface area contributed by atoms with Gasteiger partial charge in [-0.1, -0.05) is 58.1 Å². The molecule has 164 valence electrons. The molecule has 0 bridgehead atoms. The SMILES string of the molecule is CCCCCCCC(=O)Oc1ccc(C=C(C#N)c2ccc(OCCCC)cc2)cc1. The van der Waals surface area contributed by atoms with Crippen LogP contribution in [0, 0.1) is 11.3 Å². The Kier molecular flexibility index (Phi) is 11.0. The molecule has 2 rings (SSSR count). The molecule has 0 heterocycles. The summed E-state index contributed by atoms with van der Waals surface area (Å²) < 4.78 is 11.1. The second-order valence-electron chi connectivity index (χ2n) is 7.60. The fraction of sp³-hybridized carbons (Fsp3) is 0.407. The Balaban J connectivity index is 1.92. The van der Waals surface area contributed by atoms with Crippen molar-refractivity contribution in [3.63, 3.8) is 0 Å². The highest BCUT2D eigenvalue weighted by Crippen LogP contribution is 2.22. The minimum atomic E-state index is -0.196. The maximum atomic E-state index is 12.0. The minimum absolute atomic E-state index is 0.196. The standard InChI is InChI=1S/C27H33NO3/c1-3-5-7-8-9-10-27(29)31-26-15-11-22(12-16-26)20-24(21-28)23-13-17-25(18-14-23)30-19-6-4-2/h11-18,20H,3-10,19H2,1-2H3. The number of ether oxygens (including phenoxy) is 2. The highest BCUT2D eigenvalue weighted by atomic mass is 16.5. The summed E-state index contributed by atoms with van der Waals surface area (Å²) in [6.45, 7) is 5.00. The zero-order valence-corrected chi connectivity index (χ0v) is 18.7. The molecule has 0 amide bonds. The number of nitrogens with zero attached hydrogens (tertiary/aromatic N) is 1. The Bertz CT molecular complexity index is 861. The van der Waals surface area contributed by atoms with Crippen LogP contribution in [0.4, 0.5) is 0 Å². The molecule has 31 heavy (non-hydrogen) atoms. The molecule has 4 heteroatoms. The summed E-state index contributed by atoms with van der Waals surface area (Å²) in [5.74, 6) is 1.15. The van der Waals surface area contributed by atoms with Crippen LogP contribution >= 0.6 is 0 Å². The Morgan fingerprint density at radius 2 is 1.52 bits per heavy atom. The van der Waals surface area contributed by atoms with E-state index >= 15 is 0 Å². The number of hydrogen-bond acceptors (Lipinski definition) is 4. The molecule has 0 saturated heterocycles. The molecular weight excluding hydrogens is 386 g/mol. The molecule has 0 atom stereocenters. The summed E-state index contributed by atoms with van der Waals surface area (Å²) in [4.78, 5) is 12.0. The molecule has 0 aliphatic heterocycles. The number of hydrogen-bond donors (Lipinski definition) is 0. The maximum absolute atomic E-state index is 12.0. The third-order valence-corrected chi connectivity index (χ3v) is 4.96. The quantitative estimate of drug-likeness (QED) is 0.113. The highest BCUT2D eigenvalue weighted by Gasteiger charge is 2.06. The van der Waals surface area contributed by atoms with E-state index in [1.54, 1.807) is 12.1 Å². The smallest absolute Gasteiger partial charge is 0.311 e. The van der Waals surface area contributed by atoms with Gasteiger partial charge in [-0.2, -0.15) is 5.26 Å². The van der Waals surface area contributed by atoms with Gasteiger partial charge in [0.25, 0.3) is 0 Å². The van der Waals surface area contributed by atoms with E-state index < -0.39 is 0 Å². The van der Waals surface area contributed by atoms with Crippen molar-refractivity contribution in [1.82, 2.24) is 0 Å². The van der Waals surface area contributed by atoms with Gasteiger partial charge in [-0.3, -0.25) is 4.79 Å². The molecular formula is C27H33NO3. The van der Waals surface area contributed by atoms with Crippen LogP contribution in [0.15, 0.2) is 48.5 Å². The maximum Gasteiger partial charge on any atom is 0.311 e. The molecule has 2 aromatic rings. The van der Waals surface area contributed by atoms with Crippen LogP contribution in [-0.4, -0.2) is 12.6 Å². The predicted octanol–water partition coefficient (Wildman–Crippen LogP) is 7.20. The average Bonchev–Trinajstić information content (AvgIpc) is 2.79. The van der Waals surface area contributed by atoms with Crippen molar-refractivity contribution in [2.75, 3.05) is 6.61 Å². The highest BCUT2D eigenvalue weighted by molar-refractivity contribution is 5.89. The fourth-order valence-corrected chi connectivity index (χ4v) is 3.10. The van der Waals surface area contributed by atoms with Crippen molar-refractivity contribution < 1.29 is 14.3 Å². The predicted molar refractivity (Wildman–Crippen MR) is 126 cm³/mol. The van der Waals surface area contributed by atoms with Gasteiger partial charge < -0.3 is 9.47 Å². The van der Waals surface area contributed by atoms with Gasteiger partial charge in [0.05, 0.1) is 18.2 Å². The summed E-state index contributed by atoms with van der Waals surface area (Å²) in [6.07, 6.45) is 9.90. The Morgan fingerprint density at radius 3 is 2.16 bits per heavy atom. The third kappa shape index (κ3) is 9.09. The summed E-state index contributed by atoms with van der Waals surface area (Å²) in [5.41, 5.74) is 2.28. The lowest BCUT2D eigenvalue weighted by Gasteiger charge is -2.07. The van der Waals surface area contributed by atoms with Crippen molar-refractivity contribution in [2.24, 2.45) is 0 Å². The largest absolute Gasteiger partial charge is 0.494 e. The van der Waals surface area contributed by atoms with Crippen LogP contribution in [0.1, 0.15) is 76.3 Å². The van der Waals surface area contributed by atoms with Crippen LogP contribution in [0.2, 0.25) is 0 Å². The number of carbonyl (C=O) groups excluding carboxylic acids is 1. The molecule has 0 saturated carbocycles. The van der Waals surface area contributed by atoms with Gasteiger partial charge in [0, 0.05) is 6.42 Å². The van der Waals surface area contributed by atoms with Crippen molar-refractivity contribution in [1.29, 1.82) is 5.26 Å².